The van der Waals surface area contributed by atoms with E-state index >= 15 is 0 Å². The van der Waals surface area contributed by atoms with Crippen molar-refractivity contribution in [2.75, 3.05) is 31.6 Å². The highest BCUT2D eigenvalue weighted by Gasteiger charge is 2.32. The molecule has 3 aliphatic rings. The number of hydrogen-bond acceptors (Lipinski definition) is 4. The van der Waals surface area contributed by atoms with E-state index < -0.39 is 0 Å². The lowest BCUT2D eigenvalue weighted by molar-refractivity contribution is -0.123. The molecule has 0 saturated carbocycles. The predicted molar refractivity (Wildman–Crippen MR) is 104 cm³/mol. The molecule has 2 saturated heterocycles. The van der Waals surface area contributed by atoms with Gasteiger partial charge in [-0.1, -0.05) is 12.5 Å². The van der Waals surface area contributed by atoms with Crippen LogP contribution in [0, 0.1) is 5.92 Å². The number of rotatable bonds is 5. The quantitative estimate of drug-likeness (QED) is 0.833. The van der Waals surface area contributed by atoms with Gasteiger partial charge in [-0.15, -0.1) is 0 Å². The Labute approximate surface area is 160 Å². The van der Waals surface area contributed by atoms with E-state index in [-0.39, 0.29) is 18.4 Å². The van der Waals surface area contributed by atoms with E-state index in [9.17, 15) is 9.59 Å². The minimum atomic E-state index is -0.0790. The number of nitrogens with zero attached hydrogens (tertiary/aromatic N) is 1. The Balaban J connectivity index is 1.25. The molecule has 0 aliphatic carbocycles. The second-order valence-corrected chi connectivity index (χ2v) is 7.96. The smallest absolute Gasteiger partial charge is 0.257 e. The number of benzene rings is 1. The van der Waals surface area contributed by atoms with Crippen LogP contribution < -0.4 is 15.4 Å². The van der Waals surface area contributed by atoms with Crippen molar-refractivity contribution in [2.24, 2.45) is 5.92 Å². The number of carbonyl (C=O) groups is 2. The number of aryl methyl sites for hydroxylation is 1. The van der Waals surface area contributed by atoms with Crippen LogP contribution in [0.5, 0.6) is 5.75 Å². The number of anilines is 1. The summed E-state index contributed by atoms with van der Waals surface area (Å²) in [5.74, 6) is 1.12. The molecule has 0 radical (unpaired) electrons. The largest absolute Gasteiger partial charge is 0.484 e. The zero-order valence-corrected chi connectivity index (χ0v) is 15.8. The number of hydrogen-bond donors (Lipinski definition) is 2. The van der Waals surface area contributed by atoms with Crippen LogP contribution >= 0.6 is 0 Å². The number of amides is 2. The third kappa shape index (κ3) is 4.43. The van der Waals surface area contributed by atoms with Gasteiger partial charge in [0.2, 0.25) is 5.91 Å². The summed E-state index contributed by atoms with van der Waals surface area (Å²) < 4.78 is 5.64. The van der Waals surface area contributed by atoms with E-state index in [4.69, 9.17) is 4.74 Å². The molecule has 0 aromatic heterocycles. The first-order valence-corrected chi connectivity index (χ1v) is 10.3. The molecule has 2 atom stereocenters. The van der Waals surface area contributed by atoms with Gasteiger partial charge in [-0.2, -0.15) is 0 Å². The Morgan fingerprint density at radius 2 is 2.07 bits per heavy atom. The van der Waals surface area contributed by atoms with Crippen LogP contribution in [0.1, 0.15) is 44.1 Å². The molecule has 2 amide bonds. The number of piperidine rings is 2. The van der Waals surface area contributed by atoms with Crippen molar-refractivity contribution in [1.82, 2.24) is 10.2 Å². The zero-order valence-electron chi connectivity index (χ0n) is 15.8. The summed E-state index contributed by atoms with van der Waals surface area (Å²) in [6.07, 6.45) is 7.59. The van der Waals surface area contributed by atoms with Crippen LogP contribution in [0.3, 0.4) is 0 Å². The topological polar surface area (TPSA) is 70.7 Å². The summed E-state index contributed by atoms with van der Waals surface area (Å²) in [5.41, 5.74) is 1.91. The predicted octanol–water partition coefficient (Wildman–Crippen LogP) is 2.33. The second kappa shape index (κ2) is 8.30. The van der Waals surface area contributed by atoms with Gasteiger partial charge >= 0.3 is 0 Å². The van der Waals surface area contributed by atoms with E-state index in [2.05, 4.69) is 15.5 Å². The fourth-order valence-corrected chi connectivity index (χ4v) is 4.70. The summed E-state index contributed by atoms with van der Waals surface area (Å²) in [6, 6.07) is 6.27. The van der Waals surface area contributed by atoms with Crippen molar-refractivity contribution < 1.29 is 14.3 Å². The van der Waals surface area contributed by atoms with Crippen LogP contribution in [-0.2, 0) is 16.0 Å². The third-order valence-electron chi connectivity index (χ3n) is 6.14. The van der Waals surface area contributed by atoms with E-state index in [1.54, 1.807) is 6.07 Å². The molecule has 0 spiro atoms. The van der Waals surface area contributed by atoms with Crippen molar-refractivity contribution in [2.45, 2.75) is 51.0 Å². The molecule has 3 heterocycles. The summed E-state index contributed by atoms with van der Waals surface area (Å²) >= 11 is 0. The molecule has 6 heteroatoms. The zero-order chi connectivity index (χ0) is 18.6. The van der Waals surface area contributed by atoms with E-state index in [0.717, 1.165) is 24.2 Å². The monoisotopic (exact) mass is 371 g/mol. The maximum absolute atomic E-state index is 12.2. The van der Waals surface area contributed by atoms with Crippen molar-refractivity contribution in [3.63, 3.8) is 0 Å². The summed E-state index contributed by atoms with van der Waals surface area (Å²) in [7, 11) is 0. The van der Waals surface area contributed by atoms with Crippen LogP contribution in [0.15, 0.2) is 18.2 Å². The van der Waals surface area contributed by atoms with E-state index in [1.807, 2.05) is 12.1 Å². The van der Waals surface area contributed by atoms with Gasteiger partial charge < -0.3 is 20.3 Å². The van der Waals surface area contributed by atoms with Gasteiger partial charge in [0.15, 0.2) is 6.61 Å². The molecular weight excluding hydrogens is 342 g/mol. The van der Waals surface area contributed by atoms with Gasteiger partial charge in [0, 0.05) is 30.8 Å². The Kier molecular flexibility index (Phi) is 5.62. The summed E-state index contributed by atoms with van der Waals surface area (Å²) in [4.78, 5) is 26.4. The molecule has 1 aromatic rings. The van der Waals surface area contributed by atoms with Gasteiger partial charge in [-0.3, -0.25) is 9.59 Å². The van der Waals surface area contributed by atoms with Crippen molar-refractivity contribution in [3.05, 3.63) is 23.8 Å². The molecule has 6 nitrogen and oxygen atoms in total. The first-order valence-electron chi connectivity index (χ1n) is 10.3. The molecule has 1 aromatic carbocycles. The maximum Gasteiger partial charge on any atom is 0.257 e. The standard InChI is InChI=1S/C21H29N3O3/c25-20-9-7-15-6-8-17(12-18(15)23-20)27-14-21(26)22-13-16-4-3-11-24-10-2-1-5-19(16)24/h6,8,12,16,19H,1-5,7,9-11,13-14H2,(H,22,26)(H,23,25)/t16-,19+/m0/s1. The van der Waals surface area contributed by atoms with Crippen molar-refractivity contribution >= 4 is 17.5 Å². The molecule has 2 N–H and O–H groups in total. The van der Waals surface area contributed by atoms with Gasteiger partial charge in [-0.25, -0.2) is 0 Å². The fraction of sp³-hybridized carbons (Fsp3) is 0.619. The van der Waals surface area contributed by atoms with Crippen molar-refractivity contribution in [3.8, 4) is 5.75 Å². The molecular formula is C21H29N3O3. The van der Waals surface area contributed by atoms with Crippen LogP contribution in [0.2, 0.25) is 0 Å². The van der Waals surface area contributed by atoms with E-state index in [1.165, 1.54) is 45.2 Å². The lowest BCUT2D eigenvalue weighted by Gasteiger charge is -2.44. The molecule has 146 valence electrons. The first-order chi connectivity index (χ1) is 13.2. The van der Waals surface area contributed by atoms with Gasteiger partial charge in [0.05, 0.1) is 0 Å². The summed E-state index contributed by atoms with van der Waals surface area (Å²) in [5, 5.41) is 5.92. The minimum absolute atomic E-state index is 0.00777. The average molecular weight is 371 g/mol. The summed E-state index contributed by atoms with van der Waals surface area (Å²) in [6.45, 7) is 3.18. The maximum atomic E-state index is 12.2. The molecule has 0 bridgehead atoms. The van der Waals surface area contributed by atoms with Crippen LogP contribution in [0.25, 0.3) is 0 Å². The highest BCUT2D eigenvalue weighted by atomic mass is 16.5. The normalized spacial score (nSPS) is 25.1. The number of nitrogens with one attached hydrogen (secondary N) is 2. The highest BCUT2D eigenvalue weighted by molar-refractivity contribution is 5.94. The molecule has 27 heavy (non-hydrogen) atoms. The molecule has 4 rings (SSSR count). The molecule has 0 unspecified atom stereocenters. The van der Waals surface area contributed by atoms with Crippen LogP contribution in [-0.4, -0.2) is 49.0 Å². The Morgan fingerprint density at radius 3 is 3.00 bits per heavy atom. The second-order valence-electron chi connectivity index (χ2n) is 7.96. The Bertz CT molecular complexity index is 704. The number of carbonyl (C=O) groups excluding carboxylic acids is 2. The number of ether oxygens (including phenoxy) is 1. The van der Waals surface area contributed by atoms with Crippen molar-refractivity contribution in [1.29, 1.82) is 0 Å². The lowest BCUT2D eigenvalue weighted by Crippen LogP contribution is -2.51. The van der Waals surface area contributed by atoms with Gasteiger partial charge in [0.1, 0.15) is 5.75 Å². The lowest BCUT2D eigenvalue weighted by atomic mass is 9.83. The highest BCUT2D eigenvalue weighted by Crippen LogP contribution is 2.30. The fourth-order valence-electron chi connectivity index (χ4n) is 4.70. The number of fused-ring (bicyclic) bond motifs is 2. The molecule has 3 aliphatic heterocycles. The molecule has 2 fully saturated rings. The van der Waals surface area contributed by atoms with Gasteiger partial charge in [0.25, 0.3) is 5.91 Å². The van der Waals surface area contributed by atoms with E-state index in [0.29, 0.717) is 24.1 Å². The minimum Gasteiger partial charge on any atom is -0.484 e. The first kappa shape index (κ1) is 18.3. The third-order valence-corrected chi connectivity index (χ3v) is 6.14. The Hall–Kier alpha value is -2.08. The SMILES string of the molecule is O=C(COc1ccc2c(c1)NC(=O)CC2)NC[C@@H]1CCCN2CCCC[C@H]12. The van der Waals surface area contributed by atoms with Crippen LogP contribution in [0.4, 0.5) is 5.69 Å². The average Bonchev–Trinajstić information content (AvgIpc) is 2.70. The van der Waals surface area contributed by atoms with Gasteiger partial charge in [-0.05, 0) is 62.7 Å². The Morgan fingerprint density at radius 1 is 1.19 bits per heavy atom.